The van der Waals surface area contributed by atoms with Crippen LogP contribution < -0.4 is 0 Å². The lowest BCUT2D eigenvalue weighted by molar-refractivity contribution is -0.139. The Hall–Kier alpha value is -7.59. The summed E-state index contributed by atoms with van der Waals surface area (Å²) >= 11 is 0. The van der Waals surface area contributed by atoms with Gasteiger partial charge in [-0.3, -0.25) is 39.4 Å². The number of hydrogen-bond acceptors (Lipinski definition) is 10. The number of alkyl halides is 9. The summed E-state index contributed by atoms with van der Waals surface area (Å²) in [6.45, 7) is 7.16. The molecular weight excluding hydrogens is 1300 g/mol. The van der Waals surface area contributed by atoms with E-state index in [1.54, 1.807) is 21.9 Å². The molecule has 3 aromatic heterocycles. The Kier molecular flexibility index (Phi) is 20.0. The summed E-state index contributed by atoms with van der Waals surface area (Å²) in [6.07, 6.45) is -9.71. The van der Waals surface area contributed by atoms with E-state index in [1.165, 1.54) is 56.6 Å². The monoisotopic (exact) mass is 1380 g/mol. The Labute approximate surface area is 557 Å². The number of benzene rings is 3. The van der Waals surface area contributed by atoms with Crippen molar-refractivity contribution in [3.05, 3.63) is 157 Å². The van der Waals surface area contributed by atoms with Crippen LogP contribution in [0.25, 0.3) is 0 Å². The van der Waals surface area contributed by atoms with Crippen LogP contribution in [0.3, 0.4) is 0 Å². The maximum absolute atomic E-state index is 15.4. The highest BCUT2D eigenvalue weighted by atomic mass is 32.2. The van der Waals surface area contributed by atoms with E-state index in [2.05, 4.69) is 35.5 Å². The minimum Gasteiger partial charge on any atom is -0.338 e. The molecule has 0 aliphatic carbocycles. The Morgan fingerprint density at radius 3 is 1.43 bits per heavy atom. The number of nitrogens with zero attached hydrogens (tertiary/aromatic N) is 9. The number of halogens is 9. The molecule has 5 atom stereocenters. The number of hydrogen-bond donors (Lipinski definition) is 3. The molecule has 3 aromatic carbocycles. The van der Waals surface area contributed by atoms with Crippen LogP contribution >= 0.6 is 0 Å². The van der Waals surface area contributed by atoms with Crippen molar-refractivity contribution in [3.8, 4) is 0 Å². The van der Waals surface area contributed by atoms with E-state index in [1.807, 2.05) is 20.8 Å². The quantitative estimate of drug-likeness (QED) is 0.0879. The standard InChI is InChI=1S/C69H81F9N12O6S/c1-41(2)63(91)87-28-11-20-58-52(39-87)62(84-80-58)66(94)90-33-25-45(50-15-6-9-18-56(50)69(76,77)78)37-47(90)35-42(3)86-27-10-19-57-51(38-86)61(83-79-57)65(93)89-32-24-44(49-14-5-8-17-55(49)68(73,74)75)36-46(89)26-34-97(95,96)88-29-12-21-59-53(40-88)60(82-81-59)64(92)85-30-22-43(23-31-85)48-13-4-7-16-54(48)67(70,71)72/h4-9,13-18,41-47H,10-12,19-40H2,1-3H3,(H,79,83)(H,80,84)(H,81,82). The molecule has 3 fully saturated rings. The summed E-state index contributed by atoms with van der Waals surface area (Å²) in [5.41, 5.74) is 1.84. The number of carbonyl (C=O) groups is 4. The average Bonchev–Trinajstić information content (AvgIpc) is 1.73. The molecular formula is C69H81F9N12O6S. The molecule has 0 bridgehead atoms. The predicted octanol–water partition coefficient (Wildman–Crippen LogP) is 12.0. The van der Waals surface area contributed by atoms with Crippen LogP contribution in [0.2, 0.25) is 0 Å². The third-order valence-electron chi connectivity index (χ3n) is 21.1. The summed E-state index contributed by atoms with van der Waals surface area (Å²) in [4.78, 5) is 66.7. The van der Waals surface area contributed by atoms with E-state index in [9.17, 15) is 57.5 Å². The SMILES string of the molecule is CC(C)C(=O)N1CCCc2[nH]nc(C(=O)N3CCC(c4ccccc4C(F)(F)F)CC3CC(C)N3CCCc4[nH]nc(C(=O)N5CCC(c6ccccc6C(F)(F)F)CC5CCS(=O)(=O)N5CCCc6[nH]nc(C(=O)N7CCC(c8ccccc8C(F)(F)F)CC7)c6C5)c4C3)c2C1. The molecule has 6 aliphatic rings. The van der Waals surface area contributed by atoms with Gasteiger partial charge >= 0.3 is 18.5 Å². The number of amides is 4. The number of aryl methyl sites for hydroxylation is 3. The van der Waals surface area contributed by atoms with E-state index >= 15 is 9.59 Å². The van der Waals surface area contributed by atoms with Crippen LogP contribution in [0, 0.1) is 5.92 Å². The topological polar surface area (TPSA) is 208 Å². The minimum atomic E-state index is -4.71. The molecule has 12 rings (SSSR count). The van der Waals surface area contributed by atoms with Crippen LogP contribution in [0.4, 0.5) is 39.5 Å². The molecule has 18 nitrogen and oxygen atoms in total. The lowest BCUT2D eigenvalue weighted by Gasteiger charge is -2.42. The van der Waals surface area contributed by atoms with Gasteiger partial charge in [0.25, 0.3) is 17.7 Å². The Balaban J connectivity index is 0.780. The van der Waals surface area contributed by atoms with E-state index < -0.39 is 98.6 Å². The van der Waals surface area contributed by atoms with Crippen molar-refractivity contribution in [3.63, 3.8) is 0 Å². The molecule has 6 aliphatic heterocycles. The number of aromatic amines is 3. The number of rotatable bonds is 14. The highest BCUT2D eigenvalue weighted by Gasteiger charge is 2.45. The molecule has 97 heavy (non-hydrogen) atoms. The van der Waals surface area contributed by atoms with Crippen LogP contribution in [-0.2, 0) is 72.2 Å². The van der Waals surface area contributed by atoms with Crippen LogP contribution in [-0.4, -0.2) is 161 Å². The molecule has 0 saturated carbocycles. The first kappa shape index (κ1) is 69.3. The summed E-state index contributed by atoms with van der Waals surface area (Å²) in [5.74, 6) is -4.05. The minimum absolute atomic E-state index is 0.00552. The van der Waals surface area contributed by atoms with Gasteiger partial charge in [0.15, 0.2) is 17.1 Å². The fourth-order valence-corrected chi connectivity index (χ4v) is 17.5. The van der Waals surface area contributed by atoms with Gasteiger partial charge < -0.3 is 19.6 Å². The molecule has 522 valence electrons. The number of sulfonamides is 1. The van der Waals surface area contributed by atoms with E-state index in [-0.39, 0.29) is 149 Å². The summed E-state index contributed by atoms with van der Waals surface area (Å²) in [6, 6.07) is 14.3. The first-order valence-electron chi connectivity index (χ1n) is 33.7. The van der Waals surface area contributed by atoms with Crippen LogP contribution in [0.5, 0.6) is 0 Å². The zero-order valence-corrected chi connectivity index (χ0v) is 55.2. The molecule has 0 spiro atoms. The third kappa shape index (κ3) is 14.6. The average molecular weight is 1380 g/mol. The van der Waals surface area contributed by atoms with E-state index in [0.29, 0.717) is 86.1 Å². The molecule has 5 unspecified atom stereocenters. The number of fused-ring (bicyclic) bond motifs is 3. The fraction of sp³-hybridized carbons (Fsp3) is 0.551. The molecule has 9 heterocycles. The first-order chi connectivity index (χ1) is 46.1. The van der Waals surface area contributed by atoms with Gasteiger partial charge in [-0.25, -0.2) is 8.42 Å². The number of piperidine rings is 3. The van der Waals surface area contributed by atoms with E-state index in [0.717, 1.165) is 23.9 Å². The van der Waals surface area contributed by atoms with Gasteiger partial charge in [0.2, 0.25) is 15.9 Å². The van der Waals surface area contributed by atoms with Crippen molar-refractivity contribution in [2.75, 3.05) is 51.6 Å². The van der Waals surface area contributed by atoms with Crippen LogP contribution in [0.1, 0.15) is 208 Å². The number of H-pyrrole nitrogens is 3. The largest absolute Gasteiger partial charge is 0.416 e. The maximum atomic E-state index is 15.4. The lowest BCUT2D eigenvalue weighted by Crippen LogP contribution is -2.49. The molecule has 3 saturated heterocycles. The zero-order chi connectivity index (χ0) is 68.9. The molecule has 3 N–H and O–H groups in total. The van der Waals surface area contributed by atoms with Crippen LogP contribution in [0.15, 0.2) is 72.8 Å². The van der Waals surface area contributed by atoms with E-state index in [4.69, 9.17) is 0 Å². The van der Waals surface area contributed by atoms with Crippen molar-refractivity contribution >= 4 is 33.7 Å². The molecule has 0 radical (unpaired) electrons. The van der Waals surface area contributed by atoms with Gasteiger partial charge in [-0.1, -0.05) is 68.4 Å². The summed E-state index contributed by atoms with van der Waals surface area (Å²) < 4.78 is 161. The second-order valence-electron chi connectivity index (χ2n) is 27.4. The summed E-state index contributed by atoms with van der Waals surface area (Å²) in [5, 5.41) is 22.5. The zero-order valence-electron chi connectivity index (χ0n) is 54.4. The number of likely N-dealkylation sites (tertiary alicyclic amines) is 3. The highest BCUT2D eigenvalue weighted by Crippen LogP contribution is 2.45. The Morgan fingerprint density at radius 1 is 0.505 bits per heavy atom. The van der Waals surface area contributed by atoms with Crippen molar-refractivity contribution in [2.24, 2.45) is 5.92 Å². The molecule has 28 heteroatoms. The number of aromatic nitrogens is 6. The van der Waals surface area contributed by atoms with Gasteiger partial charge in [-0.05, 0) is 156 Å². The van der Waals surface area contributed by atoms with Gasteiger partial charge in [-0.2, -0.15) is 59.1 Å². The number of nitrogens with one attached hydrogen (secondary N) is 3. The van der Waals surface area contributed by atoms with Crippen molar-refractivity contribution in [1.82, 2.24) is 59.4 Å². The number of carbonyl (C=O) groups excluding carboxylic acids is 4. The third-order valence-corrected chi connectivity index (χ3v) is 22.9. The maximum Gasteiger partial charge on any atom is 0.416 e. The second kappa shape index (κ2) is 28.0. The van der Waals surface area contributed by atoms with Crippen molar-refractivity contribution in [2.45, 2.75) is 185 Å². The Morgan fingerprint density at radius 2 is 0.928 bits per heavy atom. The highest BCUT2D eigenvalue weighted by molar-refractivity contribution is 7.89. The summed E-state index contributed by atoms with van der Waals surface area (Å²) in [7, 11) is -4.24. The predicted molar refractivity (Wildman–Crippen MR) is 340 cm³/mol. The smallest absolute Gasteiger partial charge is 0.338 e. The van der Waals surface area contributed by atoms with Gasteiger partial charge in [0.1, 0.15) is 0 Å². The lowest BCUT2D eigenvalue weighted by atomic mass is 9.81. The molecule has 6 aromatic rings. The van der Waals surface area contributed by atoms with Gasteiger partial charge in [0, 0.05) is 117 Å². The molecule has 4 amide bonds. The van der Waals surface area contributed by atoms with Crippen molar-refractivity contribution < 1.29 is 67.1 Å². The van der Waals surface area contributed by atoms with Gasteiger partial charge in [-0.15, -0.1) is 0 Å². The van der Waals surface area contributed by atoms with Crippen molar-refractivity contribution in [1.29, 1.82) is 0 Å². The normalized spacial score (nSPS) is 21.7. The fourth-order valence-electron chi connectivity index (χ4n) is 16.0. The van der Waals surface area contributed by atoms with Gasteiger partial charge in [0.05, 0.1) is 22.4 Å². The first-order valence-corrected chi connectivity index (χ1v) is 35.3. The Bertz CT molecular complexity index is 3990. The second-order valence-corrected chi connectivity index (χ2v) is 29.5.